The molecule has 18 heavy (non-hydrogen) atoms. The van der Waals surface area contributed by atoms with Crippen molar-refractivity contribution in [2.75, 3.05) is 0 Å². The Hall–Kier alpha value is -1.29. The third-order valence-electron chi connectivity index (χ3n) is 2.53. The van der Waals surface area contributed by atoms with E-state index in [1.807, 2.05) is 45.9 Å². The van der Waals surface area contributed by atoms with Crippen LogP contribution in [0.1, 0.15) is 26.3 Å². The Balaban J connectivity index is 2.50. The van der Waals surface area contributed by atoms with Crippen LogP contribution in [0.25, 0.3) is 10.9 Å². The molecule has 3 nitrogen and oxygen atoms in total. The number of ether oxygens (including phenoxy) is 1. The van der Waals surface area contributed by atoms with E-state index in [4.69, 9.17) is 4.74 Å². The van der Waals surface area contributed by atoms with Crippen LogP contribution in [0, 0.1) is 6.92 Å². The molecule has 0 aliphatic rings. The molecular weight excluding hydrogens is 294 g/mol. The second kappa shape index (κ2) is 4.43. The number of aryl methyl sites for hydroxylation is 1. The molecule has 1 aromatic heterocycles. The number of hydrogen-bond donors (Lipinski definition) is 0. The van der Waals surface area contributed by atoms with Gasteiger partial charge in [0.2, 0.25) is 0 Å². The predicted molar refractivity (Wildman–Crippen MR) is 76.0 cm³/mol. The van der Waals surface area contributed by atoms with Crippen molar-refractivity contribution >= 4 is 32.9 Å². The fourth-order valence-corrected chi connectivity index (χ4v) is 2.50. The highest BCUT2D eigenvalue weighted by atomic mass is 79.9. The van der Waals surface area contributed by atoms with Gasteiger partial charge in [0, 0.05) is 16.1 Å². The number of halogens is 1. The number of nitrogens with zero attached hydrogens (tertiary/aromatic N) is 1. The summed E-state index contributed by atoms with van der Waals surface area (Å²) in [7, 11) is 0. The molecule has 4 heteroatoms. The van der Waals surface area contributed by atoms with Crippen LogP contribution < -0.4 is 0 Å². The van der Waals surface area contributed by atoms with Gasteiger partial charge < -0.3 is 4.74 Å². The number of fused-ring (bicyclic) bond motifs is 1. The summed E-state index contributed by atoms with van der Waals surface area (Å²) in [5, 5.41) is 1.02. The number of rotatable bonds is 0. The first-order valence-corrected chi connectivity index (χ1v) is 6.58. The number of hydrogen-bond acceptors (Lipinski definition) is 2. The van der Waals surface area contributed by atoms with Crippen molar-refractivity contribution in [2.45, 2.75) is 33.3 Å². The lowest BCUT2D eigenvalue weighted by molar-refractivity contribution is 0.0544. The van der Waals surface area contributed by atoms with Gasteiger partial charge in [-0.25, -0.2) is 4.79 Å². The molecule has 0 unspecified atom stereocenters. The topological polar surface area (TPSA) is 31.2 Å². The first-order chi connectivity index (χ1) is 8.28. The third-order valence-corrected chi connectivity index (χ3v) is 2.99. The molecule has 0 aliphatic heterocycles. The molecule has 0 radical (unpaired) electrons. The minimum atomic E-state index is -0.489. The highest BCUT2D eigenvalue weighted by Crippen LogP contribution is 2.25. The van der Waals surface area contributed by atoms with Crippen LogP contribution in [0.2, 0.25) is 0 Å². The summed E-state index contributed by atoms with van der Waals surface area (Å²) in [4.78, 5) is 12.1. The van der Waals surface area contributed by atoms with Crippen molar-refractivity contribution in [1.82, 2.24) is 4.57 Å². The predicted octanol–water partition coefficient (Wildman–Crippen LogP) is 4.50. The molecule has 0 saturated heterocycles. The number of benzene rings is 1. The average molecular weight is 310 g/mol. The van der Waals surface area contributed by atoms with Crippen LogP contribution in [0.5, 0.6) is 0 Å². The lowest BCUT2D eigenvalue weighted by atomic mass is 10.2. The van der Waals surface area contributed by atoms with Crippen molar-refractivity contribution < 1.29 is 9.53 Å². The van der Waals surface area contributed by atoms with Gasteiger partial charge in [0.05, 0.1) is 5.52 Å². The van der Waals surface area contributed by atoms with Crippen molar-refractivity contribution in [3.63, 3.8) is 0 Å². The quantitative estimate of drug-likeness (QED) is 0.717. The van der Waals surface area contributed by atoms with Gasteiger partial charge in [0.25, 0.3) is 0 Å². The minimum Gasteiger partial charge on any atom is -0.443 e. The van der Waals surface area contributed by atoms with E-state index in [0.717, 1.165) is 20.9 Å². The first-order valence-electron chi connectivity index (χ1n) is 5.78. The van der Waals surface area contributed by atoms with E-state index in [1.54, 1.807) is 10.8 Å². The fraction of sp³-hybridized carbons (Fsp3) is 0.357. The molecule has 0 saturated carbocycles. The first kappa shape index (κ1) is 13.1. The van der Waals surface area contributed by atoms with Crippen LogP contribution in [0.15, 0.2) is 28.9 Å². The monoisotopic (exact) mass is 309 g/mol. The second-order valence-corrected chi connectivity index (χ2v) is 6.24. The molecule has 96 valence electrons. The molecule has 1 heterocycles. The molecule has 2 rings (SSSR count). The van der Waals surface area contributed by atoms with Crippen LogP contribution in [-0.2, 0) is 4.74 Å². The molecule has 1 aromatic carbocycles. The Morgan fingerprint density at radius 1 is 1.33 bits per heavy atom. The SMILES string of the molecule is Cc1cc(Br)cc2ccn(C(=O)OC(C)(C)C)c12. The van der Waals surface area contributed by atoms with Gasteiger partial charge in [-0.2, -0.15) is 0 Å². The zero-order valence-electron chi connectivity index (χ0n) is 11.0. The van der Waals surface area contributed by atoms with Gasteiger partial charge in [0.1, 0.15) is 5.60 Å². The van der Waals surface area contributed by atoms with E-state index in [1.165, 1.54) is 0 Å². The molecule has 0 fully saturated rings. The van der Waals surface area contributed by atoms with Crippen LogP contribution >= 0.6 is 15.9 Å². The Labute approximate surface area is 115 Å². The largest absolute Gasteiger partial charge is 0.443 e. The molecular formula is C14H16BrNO2. The number of carbonyl (C=O) groups is 1. The second-order valence-electron chi connectivity index (χ2n) is 5.33. The summed E-state index contributed by atoms with van der Waals surface area (Å²) >= 11 is 3.45. The zero-order valence-corrected chi connectivity index (χ0v) is 12.5. The maximum absolute atomic E-state index is 12.1. The van der Waals surface area contributed by atoms with E-state index in [-0.39, 0.29) is 6.09 Å². The fourth-order valence-electron chi connectivity index (χ4n) is 1.91. The van der Waals surface area contributed by atoms with E-state index >= 15 is 0 Å². The summed E-state index contributed by atoms with van der Waals surface area (Å²) in [6.07, 6.45) is 1.40. The van der Waals surface area contributed by atoms with Crippen LogP contribution in [-0.4, -0.2) is 16.3 Å². The highest BCUT2D eigenvalue weighted by molar-refractivity contribution is 9.10. The Morgan fingerprint density at radius 2 is 2.00 bits per heavy atom. The van der Waals surface area contributed by atoms with E-state index < -0.39 is 5.60 Å². The summed E-state index contributed by atoms with van der Waals surface area (Å²) in [6.45, 7) is 7.56. The number of aromatic nitrogens is 1. The van der Waals surface area contributed by atoms with E-state index in [0.29, 0.717) is 0 Å². The van der Waals surface area contributed by atoms with Crippen LogP contribution in [0.3, 0.4) is 0 Å². The van der Waals surface area contributed by atoms with E-state index in [2.05, 4.69) is 15.9 Å². The smallest absolute Gasteiger partial charge is 0.418 e. The van der Waals surface area contributed by atoms with Gasteiger partial charge in [0.15, 0.2) is 0 Å². The summed E-state index contributed by atoms with van der Waals surface area (Å²) in [6, 6.07) is 5.89. The van der Waals surface area contributed by atoms with E-state index in [9.17, 15) is 4.79 Å². The average Bonchev–Trinajstić information content (AvgIpc) is 2.58. The molecule has 0 amide bonds. The van der Waals surface area contributed by atoms with Crippen LogP contribution in [0.4, 0.5) is 4.79 Å². The third kappa shape index (κ3) is 2.58. The van der Waals surface area contributed by atoms with Gasteiger partial charge in [-0.1, -0.05) is 15.9 Å². The Bertz CT molecular complexity index is 608. The highest BCUT2D eigenvalue weighted by Gasteiger charge is 2.19. The standard InChI is InChI=1S/C14H16BrNO2/c1-9-7-11(15)8-10-5-6-16(12(9)10)13(17)18-14(2,3)4/h5-8H,1-4H3. The molecule has 0 N–H and O–H groups in total. The number of carbonyl (C=O) groups excluding carboxylic acids is 1. The van der Waals surface area contributed by atoms with Gasteiger partial charge in [-0.3, -0.25) is 4.57 Å². The minimum absolute atomic E-state index is 0.345. The normalized spacial score (nSPS) is 11.8. The molecule has 2 aromatic rings. The summed E-state index contributed by atoms with van der Waals surface area (Å²) in [5.74, 6) is 0. The Kier molecular flexibility index (Phi) is 3.23. The molecule has 0 spiro atoms. The molecule has 0 aliphatic carbocycles. The summed E-state index contributed by atoms with van der Waals surface area (Å²) in [5.41, 5.74) is 1.44. The zero-order chi connectivity index (χ0) is 13.5. The van der Waals surface area contributed by atoms with Gasteiger partial charge in [-0.15, -0.1) is 0 Å². The van der Waals surface area contributed by atoms with Crippen molar-refractivity contribution in [1.29, 1.82) is 0 Å². The maximum atomic E-state index is 12.1. The van der Waals surface area contributed by atoms with Crippen molar-refractivity contribution in [3.05, 3.63) is 34.4 Å². The maximum Gasteiger partial charge on any atom is 0.418 e. The summed E-state index contributed by atoms with van der Waals surface area (Å²) < 4.78 is 7.95. The molecule has 0 bridgehead atoms. The van der Waals surface area contributed by atoms with Gasteiger partial charge in [-0.05, 0) is 51.5 Å². The lowest BCUT2D eigenvalue weighted by Gasteiger charge is -2.20. The van der Waals surface area contributed by atoms with Gasteiger partial charge >= 0.3 is 6.09 Å². The van der Waals surface area contributed by atoms with Crippen molar-refractivity contribution in [2.24, 2.45) is 0 Å². The Morgan fingerprint density at radius 3 is 2.61 bits per heavy atom. The lowest BCUT2D eigenvalue weighted by Crippen LogP contribution is -2.26. The van der Waals surface area contributed by atoms with Crippen molar-refractivity contribution in [3.8, 4) is 0 Å². The molecule has 0 atom stereocenters.